The molecule has 2 aliphatic rings. The lowest BCUT2D eigenvalue weighted by atomic mass is 9.94. The predicted molar refractivity (Wildman–Crippen MR) is 116 cm³/mol. The molecule has 0 bridgehead atoms. The number of cyclic esters (lactones) is 1. The fraction of sp³-hybridized carbons (Fsp3) is 0.417. The zero-order chi connectivity index (χ0) is 23.7. The molecule has 172 valence electrons. The molecule has 9 heteroatoms. The van der Waals surface area contributed by atoms with E-state index >= 15 is 0 Å². The van der Waals surface area contributed by atoms with Gasteiger partial charge in [0.25, 0.3) is 5.91 Å². The van der Waals surface area contributed by atoms with E-state index in [1.165, 1.54) is 12.3 Å². The van der Waals surface area contributed by atoms with E-state index in [1.54, 1.807) is 19.1 Å². The Morgan fingerprint density at radius 3 is 2.94 bits per heavy atom. The molecule has 1 aromatic heterocycles. The van der Waals surface area contributed by atoms with Crippen LogP contribution in [-0.4, -0.2) is 58.7 Å². The number of aliphatic hydroxyl groups excluding tert-OH is 1. The van der Waals surface area contributed by atoms with E-state index in [-0.39, 0.29) is 31.4 Å². The van der Waals surface area contributed by atoms with Crippen LogP contribution in [0.4, 0.5) is 4.39 Å². The second-order valence-electron chi connectivity index (χ2n) is 8.54. The highest BCUT2D eigenvalue weighted by Crippen LogP contribution is 2.30. The number of alkyl halides is 1. The number of aryl methyl sites for hydroxylation is 1. The third-order valence-electron chi connectivity index (χ3n) is 6.40. The number of aromatic nitrogens is 1. The van der Waals surface area contributed by atoms with E-state index in [0.29, 0.717) is 35.2 Å². The Hall–Kier alpha value is -3.35. The maximum atomic E-state index is 14.9. The van der Waals surface area contributed by atoms with Gasteiger partial charge in [0.1, 0.15) is 24.5 Å². The van der Waals surface area contributed by atoms with Gasteiger partial charge in [-0.2, -0.15) is 5.26 Å². The molecular formula is C24H25FN4O4. The molecule has 1 fully saturated rings. The van der Waals surface area contributed by atoms with E-state index in [9.17, 15) is 19.1 Å². The monoisotopic (exact) mass is 452 g/mol. The summed E-state index contributed by atoms with van der Waals surface area (Å²) in [4.78, 5) is 30.0. The van der Waals surface area contributed by atoms with E-state index in [2.05, 4.69) is 10.3 Å². The number of esters is 1. The number of carbonyl (C=O) groups excluding carboxylic acids is 2. The van der Waals surface area contributed by atoms with Gasteiger partial charge in [0.2, 0.25) is 0 Å². The van der Waals surface area contributed by atoms with Crippen LogP contribution in [0.2, 0.25) is 0 Å². The first-order valence-electron chi connectivity index (χ1n) is 10.8. The third-order valence-corrected chi connectivity index (χ3v) is 6.40. The molecule has 33 heavy (non-hydrogen) atoms. The number of pyridine rings is 1. The minimum absolute atomic E-state index is 0.0768. The molecule has 4 rings (SSSR count). The van der Waals surface area contributed by atoms with Gasteiger partial charge < -0.3 is 15.2 Å². The molecule has 0 radical (unpaired) electrons. The molecule has 1 aromatic carbocycles. The van der Waals surface area contributed by atoms with E-state index < -0.39 is 24.2 Å². The number of piperidine rings is 1. The van der Waals surface area contributed by atoms with Crippen LogP contribution in [0.5, 0.6) is 0 Å². The molecule has 0 saturated carbocycles. The quantitative estimate of drug-likeness (QED) is 0.668. The molecular weight excluding hydrogens is 427 g/mol. The van der Waals surface area contributed by atoms with Gasteiger partial charge in [0.05, 0.1) is 23.3 Å². The highest BCUT2D eigenvalue weighted by atomic mass is 19.1. The number of likely N-dealkylation sites (tertiary alicyclic amines) is 1. The van der Waals surface area contributed by atoms with Gasteiger partial charge in [-0.3, -0.25) is 9.69 Å². The molecule has 2 N–H and O–H groups in total. The van der Waals surface area contributed by atoms with E-state index in [4.69, 9.17) is 10.00 Å². The summed E-state index contributed by atoms with van der Waals surface area (Å²) in [5.41, 5.74) is 3.99. The van der Waals surface area contributed by atoms with Gasteiger partial charge in [-0.05, 0) is 49.1 Å². The number of fused-ring (bicyclic) bond motifs is 1. The highest BCUT2D eigenvalue weighted by Gasteiger charge is 2.32. The van der Waals surface area contributed by atoms with Crippen LogP contribution in [0.25, 0.3) is 0 Å². The lowest BCUT2D eigenvalue weighted by molar-refractivity contribution is 0.0526. The van der Waals surface area contributed by atoms with Crippen molar-refractivity contribution in [2.75, 3.05) is 19.6 Å². The summed E-state index contributed by atoms with van der Waals surface area (Å²) in [6.07, 6.45) is -0.415. The van der Waals surface area contributed by atoms with Crippen molar-refractivity contribution >= 4 is 11.9 Å². The van der Waals surface area contributed by atoms with Crippen LogP contribution in [0.15, 0.2) is 24.4 Å². The minimum atomic E-state index is -1.30. The zero-order valence-corrected chi connectivity index (χ0v) is 18.5. The number of nitrogens with one attached hydrogen (secondary N) is 1. The molecule has 1 amide bonds. The summed E-state index contributed by atoms with van der Waals surface area (Å²) in [7, 11) is 0. The predicted octanol–water partition coefficient (Wildman–Crippen LogP) is 2.12. The summed E-state index contributed by atoms with van der Waals surface area (Å²) in [6, 6.07) is 6.24. The summed E-state index contributed by atoms with van der Waals surface area (Å²) in [5.74, 6) is -0.834. The standard InChI is InChI=1S/C24H25FN4O4/c1-13-7-21(27-9-15(13)8-26)23(31)28-20-5-6-29(10-19(20)25)11-22(30)16-3-4-17-18(14(16)2)12-33-24(17)32/h3-4,7,9,19-20,22,30H,5-6,10-12H2,1-2H3,(H,28,31)/t19-,20+,22+/m1/s1. The van der Waals surface area contributed by atoms with Gasteiger partial charge in [-0.15, -0.1) is 0 Å². The smallest absolute Gasteiger partial charge is 0.338 e. The van der Waals surface area contributed by atoms with Crippen molar-refractivity contribution in [3.63, 3.8) is 0 Å². The topological polar surface area (TPSA) is 116 Å². The van der Waals surface area contributed by atoms with E-state index in [1.807, 2.05) is 17.9 Å². The number of halogens is 1. The number of hydrogen-bond donors (Lipinski definition) is 2. The fourth-order valence-electron chi connectivity index (χ4n) is 4.41. The second-order valence-corrected chi connectivity index (χ2v) is 8.54. The van der Waals surface area contributed by atoms with Crippen LogP contribution in [-0.2, 0) is 11.3 Å². The van der Waals surface area contributed by atoms with Crippen LogP contribution in [0.3, 0.4) is 0 Å². The zero-order valence-electron chi connectivity index (χ0n) is 18.5. The van der Waals surface area contributed by atoms with Crippen molar-refractivity contribution in [3.8, 4) is 6.07 Å². The first-order valence-corrected chi connectivity index (χ1v) is 10.8. The Bertz CT molecular complexity index is 1150. The number of ether oxygens (including phenoxy) is 1. The Balaban J connectivity index is 1.35. The van der Waals surface area contributed by atoms with Gasteiger partial charge in [0, 0.05) is 31.4 Å². The molecule has 0 unspecified atom stereocenters. The first kappa shape index (κ1) is 22.8. The lowest BCUT2D eigenvalue weighted by Crippen LogP contribution is -2.53. The number of nitrogens with zero attached hydrogens (tertiary/aromatic N) is 3. The minimum Gasteiger partial charge on any atom is -0.457 e. The number of aliphatic hydroxyl groups is 1. The average Bonchev–Trinajstić information content (AvgIpc) is 3.17. The molecule has 1 saturated heterocycles. The summed E-state index contributed by atoms with van der Waals surface area (Å²) >= 11 is 0. The van der Waals surface area contributed by atoms with Gasteiger partial charge >= 0.3 is 5.97 Å². The molecule has 3 heterocycles. The molecule has 0 spiro atoms. The summed E-state index contributed by atoms with van der Waals surface area (Å²) < 4.78 is 19.9. The van der Waals surface area contributed by atoms with Crippen molar-refractivity contribution in [1.82, 2.24) is 15.2 Å². The molecule has 0 aliphatic carbocycles. The number of rotatable bonds is 5. The van der Waals surface area contributed by atoms with Crippen LogP contribution in [0, 0.1) is 25.2 Å². The normalized spacial score (nSPS) is 21.1. The number of hydrogen-bond acceptors (Lipinski definition) is 7. The van der Waals surface area contributed by atoms with Crippen molar-refractivity contribution in [1.29, 1.82) is 5.26 Å². The molecule has 2 aliphatic heterocycles. The number of amides is 1. The Kier molecular flexibility index (Phi) is 6.40. The Labute approximate surface area is 191 Å². The maximum absolute atomic E-state index is 14.9. The van der Waals surface area contributed by atoms with E-state index in [0.717, 1.165) is 11.1 Å². The Morgan fingerprint density at radius 1 is 1.45 bits per heavy atom. The summed E-state index contributed by atoms with van der Waals surface area (Å²) in [5, 5.41) is 22.5. The van der Waals surface area contributed by atoms with Crippen molar-refractivity contribution < 1.29 is 23.8 Å². The van der Waals surface area contributed by atoms with Gasteiger partial charge in [-0.25, -0.2) is 14.2 Å². The van der Waals surface area contributed by atoms with Crippen LogP contribution >= 0.6 is 0 Å². The molecule has 8 nitrogen and oxygen atoms in total. The number of carbonyl (C=O) groups is 2. The summed E-state index contributed by atoms with van der Waals surface area (Å²) in [6.45, 7) is 4.59. The van der Waals surface area contributed by atoms with Crippen molar-refractivity contribution in [2.24, 2.45) is 0 Å². The van der Waals surface area contributed by atoms with Gasteiger partial charge in [0.15, 0.2) is 0 Å². The van der Waals surface area contributed by atoms with Crippen LogP contribution in [0.1, 0.15) is 61.2 Å². The maximum Gasteiger partial charge on any atom is 0.338 e. The SMILES string of the molecule is Cc1cc(C(=O)N[C@H]2CCN(C[C@H](O)c3ccc4c(c3C)COC4=O)C[C@H]2F)ncc1C#N. The lowest BCUT2D eigenvalue weighted by Gasteiger charge is -2.36. The Morgan fingerprint density at radius 2 is 2.24 bits per heavy atom. The number of nitriles is 1. The van der Waals surface area contributed by atoms with Gasteiger partial charge in [-0.1, -0.05) is 6.07 Å². The molecule has 3 atom stereocenters. The second kappa shape index (κ2) is 9.25. The van der Waals surface area contributed by atoms with Crippen molar-refractivity contribution in [3.05, 3.63) is 63.5 Å². The first-order chi connectivity index (χ1) is 15.8. The van der Waals surface area contributed by atoms with Crippen LogP contribution < -0.4 is 5.32 Å². The fourth-order valence-corrected chi connectivity index (χ4v) is 4.41. The largest absolute Gasteiger partial charge is 0.457 e. The third kappa shape index (κ3) is 4.58. The highest BCUT2D eigenvalue weighted by molar-refractivity contribution is 5.94. The molecule has 2 aromatic rings. The average molecular weight is 452 g/mol. The van der Waals surface area contributed by atoms with Crippen molar-refractivity contribution in [2.45, 2.75) is 45.2 Å². The number of β-amino-alcohol motifs (C(OH)–C–C–N with tert-alkyl or cyclic N) is 1. The number of benzene rings is 1.